The summed E-state index contributed by atoms with van der Waals surface area (Å²) in [6, 6.07) is 10.4. The number of carbonyl (C=O) groups excluding carboxylic acids is 2. The summed E-state index contributed by atoms with van der Waals surface area (Å²) in [7, 11) is 0. The van der Waals surface area contributed by atoms with Gasteiger partial charge in [-0.25, -0.2) is 0 Å². The maximum atomic E-state index is 12.7. The molecule has 2 N–H and O–H groups in total. The summed E-state index contributed by atoms with van der Waals surface area (Å²) in [5.41, 5.74) is 1.05. The monoisotopic (exact) mass is 346 g/mol. The molecule has 1 aromatic heterocycles. The van der Waals surface area contributed by atoms with Crippen molar-refractivity contribution in [2.45, 2.75) is 32.9 Å². The predicted molar refractivity (Wildman–Crippen MR) is 96.6 cm³/mol. The molecule has 1 heterocycles. The summed E-state index contributed by atoms with van der Waals surface area (Å²) in [4.78, 5) is 27.0. The number of thiophene rings is 1. The molecule has 6 heteroatoms. The molecule has 0 fully saturated rings. The van der Waals surface area contributed by atoms with Crippen LogP contribution in [0.3, 0.4) is 0 Å². The molecule has 128 valence electrons. The lowest BCUT2D eigenvalue weighted by Crippen LogP contribution is -2.41. The Morgan fingerprint density at radius 2 is 1.96 bits per heavy atom. The molecule has 2 amide bonds. The van der Waals surface area contributed by atoms with E-state index in [9.17, 15) is 14.7 Å². The van der Waals surface area contributed by atoms with Crippen LogP contribution in [0.1, 0.15) is 40.8 Å². The molecule has 0 saturated heterocycles. The molecule has 0 saturated carbocycles. The second kappa shape index (κ2) is 8.08. The molecule has 0 spiro atoms. The number of benzene rings is 1. The second-order valence-electron chi connectivity index (χ2n) is 5.91. The number of hydrogen-bond acceptors (Lipinski definition) is 4. The van der Waals surface area contributed by atoms with Crippen LogP contribution < -0.4 is 5.32 Å². The molecule has 1 unspecified atom stereocenters. The Kier molecular flexibility index (Phi) is 6.11. The maximum Gasteiger partial charge on any atom is 0.265 e. The Bertz CT molecular complexity index is 696. The first kappa shape index (κ1) is 18.2. The van der Waals surface area contributed by atoms with E-state index in [1.807, 2.05) is 25.3 Å². The quantitative estimate of drug-likeness (QED) is 0.844. The molecular weight excluding hydrogens is 324 g/mol. The molecule has 0 aliphatic heterocycles. The third kappa shape index (κ3) is 4.66. The van der Waals surface area contributed by atoms with Gasteiger partial charge in [-0.3, -0.25) is 9.59 Å². The van der Waals surface area contributed by atoms with E-state index < -0.39 is 6.10 Å². The number of aliphatic hydroxyl groups is 1. The number of nitrogens with one attached hydrogen (secondary N) is 1. The van der Waals surface area contributed by atoms with Gasteiger partial charge in [0.1, 0.15) is 0 Å². The van der Waals surface area contributed by atoms with Crippen LogP contribution in [0.5, 0.6) is 0 Å². The lowest BCUT2D eigenvalue weighted by Gasteiger charge is -2.28. The summed E-state index contributed by atoms with van der Waals surface area (Å²) in [6.45, 7) is 5.73. The molecule has 0 radical (unpaired) electrons. The lowest BCUT2D eigenvalue weighted by atomic mass is 10.1. The summed E-state index contributed by atoms with van der Waals surface area (Å²) in [6.07, 6.45) is -0.599. The third-order valence-corrected chi connectivity index (χ3v) is 4.33. The van der Waals surface area contributed by atoms with Gasteiger partial charge in [0.05, 0.1) is 11.0 Å². The molecule has 1 aromatic carbocycles. The molecule has 24 heavy (non-hydrogen) atoms. The normalized spacial score (nSPS) is 12.0. The van der Waals surface area contributed by atoms with Gasteiger partial charge in [0.15, 0.2) is 0 Å². The van der Waals surface area contributed by atoms with E-state index in [1.54, 1.807) is 42.2 Å². The number of rotatable bonds is 6. The van der Waals surface area contributed by atoms with Crippen LogP contribution in [0.4, 0.5) is 5.69 Å². The van der Waals surface area contributed by atoms with E-state index in [-0.39, 0.29) is 24.4 Å². The third-order valence-electron chi connectivity index (χ3n) is 3.46. The van der Waals surface area contributed by atoms with Crippen molar-refractivity contribution in [1.29, 1.82) is 0 Å². The first-order valence-electron chi connectivity index (χ1n) is 7.82. The van der Waals surface area contributed by atoms with Crippen molar-refractivity contribution in [3.05, 3.63) is 52.2 Å². The summed E-state index contributed by atoms with van der Waals surface area (Å²) >= 11 is 1.36. The number of amides is 2. The zero-order valence-corrected chi connectivity index (χ0v) is 14.8. The Labute approximate surface area is 145 Å². The highest BCUT2D eigenvalue weighted by Gasteiger charge is 2.20. The van der Waals surface area contributed by atoms with Gasteiger partial charge in [0.2, 0.25) is 0 Å². The Morgan fingerprint density at radius 1 is 1.21 bits per heavy atom. The van der Waals surface area contributed by atoms with Gasteiger partial charge in [-0.2, -0.15) is 0 Å². The zero-order valence-electron chi connectivity index (χ0n) is 14.0. The van der Waals surface area contributed by atoms with Gasteiger partial charge in [-0.05, 0) is 50.4 Å². The van der Waals surface area contributed by atoms with E-state index in [4.69, 9.17) is 0 Å². The molecule has 0 aliphatic carbocycles. The van der Waals surface area contributed by atoms with Crippen LogP contribution >= 0.6 is 11.3 Å². The second-order valence-corrected chi connectivity index (χ2v) is 6.86. The minimum absolute atomic E-state index is 0.0310. The first-order chi connectivity index (χ1) is 11.4. The smallest absolute Gasteiger partial charge is 0.265 e. The molecule has 0 bridgehead atoms. The highest BCUT2D eigenvalue weighted by atomic mass is 32.1. The number of hydrogen-bond donors (Lipinski definition) is 2. The van der Waals surface area contributed by atoms with Crippen molar-refractivity contribution < 1.29 is 14.7 Å². The van der Waals surface area contributed by atoms with E-state index in [0.717, 1.165) is 0 Å². The summed E-state index contributed by atoms with van der Waals surface area (Å²) < 4.78 is 0. The average molecular weight is 346 g/mol. The van der Waals surface area contributed by atoms with E-state index in [2.05, 4.69) is 5.32 Å². The fourth-order valence-corrected chi connectivity index (χ4v) is 2.93. The Morgan fingerprint density at radius 3 is 2.54 bits per heavy atom. The largest absolute Gasteiger partial charge is 0.392 e. The minimum Gasteiger partial charge on any atom is -0.392 e. The fraction of sp³-hybridized carbons (Fsp3) is 0.333. The van der Waals surface area contributed by atoms with Crippen molar-refractivity contribution in [1.82, 2.24) is 4.90 Å². The van der Waals surface area contributed by atoms with Gasteiger partial charge in [-0.1, -0.05) is 12.1 Å². The van der Waals surface area contributed by atoms with E-state index in [0.29, 0.717) is 16.1 Å². The highest BCUT2D eigenvalue weighted by molar-refractivity contribution is 7.12. The van der Waals surface area contributed by atoms with Crippen LogP contribution in [0.2, 0.25) is 0 Å². The molecule has 1 atom stereocenters. The molecule has 5 nitrogen and oxygen atoms in total. The predicted octanol–water partition coefficient (Wildman–Crippen LogP) is 3.23. The van der Waals surface area contributed by atoms with Gasteiger partial charge < -0.3 is 15.3 Å². The molecular formula is C18H22N2O3S. The summed E-state index contributed by atoms with van der Waals surface area (Å²) in [5, 5.41) is 14.2. The molecule has 2 aromatic rings. The highest BCUT2D eigenvalue weighted by Crippen LogP contribution is 2.17. The average Bonchev–Trinajstić information content (AvgIpc) is 3.06. The lowest BCUT2D eigenvalue weighted by molar-refractivity contribution is 0.0578. The summed E-state index contributed by atoms with van der Waals surface area (Å²) in [5.74, 6) is -0.364. The van der Waals surface area contributed by atoms with Crippen molar-refractivity contribution in [3.8, 4) is 0 Å². The SMILES string of the molecule is CC(O)CN(C(=O)c1cccc(NC(=O)c2cccs2)c1)C(C)C. The van der Waals surface area contributed by atoms with E-state index in [1.165, 1.54) is 11.3 Å². The van der Waals surface area contributed by atoms with Gasteiger partial charge in [-0.15, -0.1) is 11.3 Å². The van der Waals surface area contributed by atoms with Crippen molar-refractivity contribution in [2.75, 3.05) is 11.9 Å². The molecule has 2 rings (SSSR count). The van der Waals surface area contributed by atoms with E-state index >= 15 is 0 Å². The number of anilines is 1. The van der Waals surface area contributed by atoms with Crippen LogP contribution in [0.15, 0.2) is 41.8 Å². The number of carbonyl (C=O) groups is 2. The Balaban J connectivity index is 2.16. The molecule has 0 aliphatic rings. The Hall–Kier alpha value is -2.18. The minimum atomic E-state index is -0.599. The van der Waals surface area contributed by atoms with Crippen molar-refractivity contribution in [2.24, 2.45) is 0 Å². The maximum absolute atomic E-state index is 12.7. The first-order valence-corrected chi connectivity index (χ1v) is 8.70. The number of nitrogens with zero attached hydrogens (tertiary/aromatic N) is 1. The van der Waals surface area contributed by atoms with Crippen molar-refractivity contribution in [3.63, 3.8) is 0 Å². The topological polar surface area (TPSA) is 69.6 Å². The van der Waals surface area contributed by atoms with Crippen LogP contribution in [-0.4, -0.2) is 40.5 Å². The fourth-order valence-electron chi connectivity index (χ4n) is 2.31. The number of aliphatic hydroxyl groups excluding tert-OH is 1. The van der Waals surface area contributed by atoms with Crippen LogP contribution in [0.25, 0.3) is 0 Å². The van der Waals surface area contributed by atoms with Gasteiger partial charge in [0.25, 0.3) is 11.8 Å². The van der Waals surface area contributed by atoms with Gasteiger partial charge in [0, 0.05) is 23.8 Å². The van der Waals surface area contributed by atoms with Crippen LogP contribution in [0, 0.1) is 0 Å². The standard InChI is InChI=1S/C18H22N2O3S/c1-12(2)20(11-13(3)21)18(23)14-6-4-7-15(10-14)19-17(22)16-8-5-9-24-16/h4-10,12-13,21H,11H2,1-3H3,(H,19,22). The van der Waals surface area contributed by atoms with Crippen molar-refractivity contribution >= 4 is 28.8 Å². The van der Waals surface area contributed by atoms with Crippen LogP contribution in [-0.2, 0) is 0 Å². The zero-order chi connectivity index (χ0) is 17.7. The van der Waals surface area contributed by atoms with Gasteiger partial charge >= 0.3 is 0 Å².